The maximum atomic E-state index is 2.43. The molecule has 0 saturated heterocycles. The molecule has 0 aliphatic carbocycles. The Balaban J connectivity index is -0.000000266. The Kier molecular flexibility index (Phi) is 32.9. The number of rotatable bonds is 6. The highest BCUT2D eigenvalue weighted by Gasteiger charge is 1.98. The summed E-state index contributed by atoms with van der Waals surface area (Å²) < 4.78 is 2.43. The molecule has 0 bridgehead atoms. The van der Waals surface area contributed by atoms with E-state index in [1.54, 1.807) is 0 Å². The minimum absolute atomic E-state index is 1.24. The quantitative estimate of drug-likeness (QED) is 0.591. The van der Waals surface area contributed by atoms with E-state index in [4.69, 9.17) is 0 Å². The lowest BCUT2D eigenvalue weighted by Gasteiger charge is -2.16. The van der Waals surface area contributed by atoms with Crippen LogP contribution in [0.2, 0.25) is 0 Å². The van der Waals surface area contributed by atoms with Crippen molar-refractivity contribution in [3.63, 3.8) is 0 Å². The number of nitrogens with zero attached hydrogens (tertiary/aromatic N) is 1. The lowest BCUT2D eigenvalue weighted by molar-refractivity contribution is 0.456. The van der Waals surface area contributed by atoms with Crippen LogP contribution in [0.4, 0.5) is 0 Å². The summed E-state index contributed by atoms with van der Waals surface area (Å²) in [6.45, 7) is 15.0. The van der Waals surface area contributed by atoms with E-state index in [-0.39, 0.29) is 0 Å². The minimum atomic E-state index is 1.24. The molecule has 1 nitrogen and oxygen atoms in total. The zero-order valence-electron chi connectivity index (χ0n) is 11.4. The van der Waals surface area contributed by atoms with Crippen LogP contribution in [0.15, 0.2) is 0 Å². The number of hydrogen-bond donors (Lipinski definition) is 0. The van der Waals surface area contributed by atoms with Crippen LogP contribution < -0.4 is 0 Å². The van der Waals surface area contributed by atoms with Crippen molar-refractivity contribution < 1.29 is 0 Å². The van der Waals surface area contributed by atoms with Crippen molar-refractivity contribution in [3.05, 3.63) is 0 Å². The first-order chi connectivity index (χ1) is 6.85. The van der Waals surface area contributed by atoms with Crippen LogP contribution in [0.1, 0.15) is 60.8 Å². The average molecular weight is 221 g/mol. The molecule has 0 aromatic rings. The smallest absolute Gasteiger partial charge is 0.00891 e. The molecule has 0 spiro atoms. The van der Waals surface area contributed by atoms with Crippen molar-refractivity contribution in [2.75, 3.05) is 19.3 Å². The summed E-state index contributed by atoms with van der Waals surface area (Å²) in [5.74, 6) is 0. The lowest BCUT2D eigenvalue weighted by atomic mass is 10.3. The van der Waals surface area contributed by atoms with Gasteiger partial charge >= 0.3 is 0 Å². The van der Waals surface area contributed by atoms with Crippen molar-refractivity contribution in [2.24, 2.45) is 0 Å². The second-order valence-corrected chi connectivity index (χ2v) is 3.35. The van der Waals surface area contributed by atoms with Crippen molar-refractivity contribution in [2.45, 2.75) is 60.8 Å². The molecule has 0 radical (unpaired) electrons. The van der Waals surface area contributed by atoms with E-state index >= 15 is 0 Å². The molecule has 0 rings (SSSR count). The first-order valence-corrected chi connectivity index (χ1v) is 7.32. The molecular formula is C12H31NS. The molecule has 0 aliphatic heterocycles. The normalized spacial score (nSPS) is 8.57. The Morgan fingerprint density at radius 1 is 0.857 bits per heavy atom. The molecule has 0 N–H and O–H groups in total. The predicted molar refractivity (Wildman–Crippen MR) is 73.0 cm³/mol. The molecular weight excluding hydrogens is 190 g/mol. The fourth-order valence-corrected chi connectivity index (χ4v) is 1.56. The molecule has 0 aliphatic rings. The topological polar surface area (TPSA) is 3.24 Å². The van der Waals surface area contributed by atoms with Crippen LogP contribution in [-0.4, -0.2) is 23.7 Å². The molecule has 0 amide bonds. The van der Waals surface area contributed by atoms with Crippen molar-refractivity contribution in [1.29, 1.82) is 0 Å². The van der Waals surface area contributed by atoms with E-state index in [0.29, 0.717) is 0 Å². The fourth-order valence-electron chi connectivity index (χ4n) is 0.878. The molecule has 0 heterocycles. The molecule has 0 atom stereocenters. The zero-order valence-corrected chi connectivity index (χ0v) is 12.2. The van der Waals surface area contributed by atoms with Crippen molar-refractivity contribution in [3.8, 4) is 0 Å². The molecule has 0 aromatic heterocycles. The zero-order chi connectivity index (χ0) is 11.8. The third-order valence-electron chi connectivity index (χ3n) is 1.49. The first kappa shape index (κ1) is 19.8. The lowest BCUT2D eigenvalue weighted by Crippen LogP contribution is -2.17. The standard InChI is InChI=1S/C8H19NS.2C2H6/c1-4-6-8-9(10-3)7-5-2;2*1-2/h4-8H2,1-3H3;2*1-2H3. The predicted octanol–water partition coefficient (Wildman–Crippen LogP) is 4.83. The Bertz CT molecular complexity index is 67.3. The van der Waals surface area contributed by atoms with Crippen molar-refractivity contribution >= 4 is 11.9 Å². The highest BCUT2D eigenvalue weighted by molar-refractivity contribution is 7.96. The summed E-state index contributed by atoms with van der Waals surface area (Å²) in [6.07, 6.45) is 6.07. The Labute approximate surface area is 96.8 Å². The van der Waals surface area contributed by atoms with Crippen LogP contribution in [0, 0.1) is 0 Å². The molecule has 0 fully saturated rings. The summed E-state index contributed by atoms with van der Waals surface area (Å²) in [7, 11) is 0. The van der Waals surface area contributed by atoms with Crippen LogP contribution in [-0.2, 0) is 0 Å². The van der Waals surface area contributed by atoms with Gasteiger partial charge in [0.05, 0.1) is 0 Å². The molecule has 0 aromatic carbocycles. The van der Waals surface area contributed by atoms with Gasteiger partial charge in [-0.15, -0.1) is 0 Å². The van der Waals surface area contributed by atoms with E-state index in [2.05, 4.69) is 24.4 Å². The van der Waals surface area contributed by atoms with Gasteiger partial charge < -0.3 is 0 Å². The highest BCUT2D eigenvalue weighted by Crippen LogP contribution is 2.07. The highest BCUT2D eigenvalue weighted by atomic mass is 32.2. The van der Waals surface area contributed by atoms with Crippen molar-refractivity contribution in [1.82, 2.24) is 4.31 Å². The van der Waals surface area contributed by atoms with Gasteiger partial charge in [0.25, 0.3) is 0 Å². The monoisotopic (exact) mass is 221 g/mol. The Morgan fingerprint density at radius 3 is 1.64 bits per heavy atom. The molecule has 14 heavy (non-hydrogen) atoms. The van der Waals surface area contributed by atoms with Crippen LogP contribution >= 0.6 is 11.9 Å². The van der Waals surface area contributed by atoms with E-state index in [1.807, 2.05) is 39.6 Å². The largest absolute Gasteiger partial charge is 0.251 e. The summed E-state index contributed by atoms with van der Waals surface area (Å²) in [6, 6.07) is 0. The van der Waals surface area contributed by atoms with Crippen LogP contribution in [0.5, 0.6) is 0 Å². The van der Waals surface area contributed by atoms with E-state index in [9.17, 15) is 0 Å². The first-order valence-electron chi connectivity index (χ1n) is 6.14. The van der Waals surface area contributed by atoms with Gasteiger partial charge in [-0.2, -0.15) is 0 Å². The molecule has 0 saturated carbocycles. The van der Waals surface area contributed by atoms with E-state index in [0.717, 1.165) is 0 Å². The molecule has 0 unspecified atom stereocenters. The third kappa shape index (κ3) is 18.2. The van der Waals surface area contributed by atoms with Crippen LogP contribution in [0.25, 0.3) is 0 Å². The van der Waals surface area contributed by atoms with Gasteiger partial charge in [0.2, 0.25) is 0 Å². The van der Waals surface area contributed by atoms with Gasteiger partial charge in [-0.3, -0.25) is 4.31 Å². The second kappa shape index (κ2) is 23.3. The Morgan fingerprint density at radius 2 is 1.36 bits per heavy atom. The second-order valence-electron chi connectivity index (χ2n) is 2.47. The van der Waals surface area contributed by atoms with E-state index < -0.39 is 0 Å². The maximum Gasteiger partial charge on any atom is 0.00891 e. The summed E-state index contributed by atoms with van der Waals surface area (Å²) >= 11 is 1.87. The number of hydrogen-bond acceptors (Lipinski definition) is 2. The molecule has 90 valence electrons. The summed E-state index contributed by atoms with van der Waals surface area (Å²) in [4.78, 5) is 0. The average Bonchev–Trinajstić information content (AvgIpc) is 2.29. The maximum absolute atomic E-state index is 2.43. The Hall–Kier alpha value is 0.310. The fraction of sp³-hybridized carbons (Fsp3) is 1.00. The summed E-state index contributed by atoms with van der Waals surface area (Å²) in [5.41, 5.74) is 0. The van der Waals surface area contributed by atoms with Gasteiger partial charge in [0.15, 0.2) is 0 Å². The SMILES string of the molecule is CC.CC.CCCCN(CCC)SC. The van der Waals surface area contributed by atoms with Gasteiger partial charge in [0.1, 0.15) is 0 Å². The van der Waals surface area contributed by atoms with Gasteiger partial charge in [-0.1, -0.05) is 59.9 Å². The van der Waals surface area contributed by atoms with Crippen LogP contribution in [0.3, 0.4) is 0 Å². The summed E-state index contributed by atoms with van der Waals surface area (Å²) in [5, 5.41) is 0. The minimum Gasteiger partial charge on any atom is -0.251 e. The van der Waals surface area contributed by atoms with Gasteiger partial charge in [-0.25, -0.2) is 0 Å². The third-order valence-corrected chi connectivity index (χ3v) is 2.37. The van der Waals surface area contributed by atoms with Gasteiger partial charge in [0, 0.05) is 13.1 Å². The van der Waals surface area contributed by atoms with Gasteiger partial charge in [-0.05, 0) is 19.1 Å². The molecule has 2 heteroatoms. The van der Waals surface area contributed by atoms with E-state index in [1.165, 1.54) is 32.4 Å². The number of unbranched alkanes of at least 4 members (excludes halogenated alkanes) is 1.